The minimum Gasteiger partial charge on any atom is -0.306 e. The molecule has 0 unspecified atom stereocenters. The van der Waals surface area contributed by atoms with Crippen molar-refractivity contribution < 1.29 is 0 Å². The summed E-state index contributed by atoms with van der Waals surface area (Å²) >= 11 is 0. The lowest BCUT2D eigenvalue weighted by Crippen LogP contribution is -1.99. The summed E-state index contributed by atoms with van der Waals surface area (Å²) in [6.45, 7) is 0. The van der Waals surface area contributed by atoms with E-state index < -0.39 is 0 Å². The minimum atomic E-state index is -0.236. The second kappa shape index (κ2) is 4.38. The number of H-pyrrole nitrogens is 2. The van der Waals surface area contributed by atoms with E-state index in [0.717, 1.165) is 22.3 Å². The Morgan fingerprint density at radius 3 is 2.89 bits per heavy atom. The highest BCUT2D eigenvalue weighted by Crippen LogP contribution is 2.20. The molecule has 0 bridgehead atoms. The smallest absolute Gasteiger partial charge is 0.306 e. The minimum absolute atomic E-state index is 0.178. The predicted octanol–water partition coefficient (Wildman–Crippen LogP) is 1.38. The highest BCUT2D eigenvalue weighted by Gasteiger charge is 2.05. The molecule has 3 rings (SSSR count). The van der Waals surface area contributed by atoms with E-state index in [9.17, 15) is 4.79 Å². The second-order valence-corrected chi connectivity index (χ2v) is 4.03. The molecule has 0 saturated heterocycles. The van der Waals surface area contributed by atoms with Crippen LogP contribution in [0.15, 0.2) is 35.3 Å². The molecule has 0 aliphatic heterocycles. The Morgan fingerprint density at radius 2 is 2.05 bits per heavy atom. The summed E-state index contributed by atoms with van der Waals surface area (Å²) in [6.07, 6.45) is 1.80. The predicted molar refractivity (Wildman–Crippen MR) is 69.3 cm³/mol. The average Bonchev–Trinajstić information content (AvgIpc) is 2.78. The molecule has 0 atom stereocenters. The van der Waals surface area contributed by atoms with Crippen LogP contribution in [0.1, 0.15) is 5.82 Å². The zero-order valence-electron chi connectivity index (χ0n) is 9.84. The molecular weight excluding hydrogens is 242 g/mol. The number of fused-ring (bicyclic) bond motifs is 1. The fraction of sp³-hybridized carbons (Fsp3) is 0.0769. The third kappa shape index (κ3) is 2.09. The average molecular weight is 251 g/mol. The van der Waals surface area contributed by atoms with E-state index in [1.54, 1.807) is 12.3 Å². The number of nitrogens with one attached hydrogen (secondary N) is 2. The fourth-order valence-corrected chi connectivity index (χ4v) is 1.91. The van der Waals surface area contributed by atoms with Gasteiger partial charge in [0.25, 0.3) is 0 Å². The summed E-state index contributed by atoms with van der Waals surface area (Å²) in [4.78, 5) is 24.9. The standard InChI is InChI=1S/C13H9N5O/c14-5-3-12-15-6-4-9(16-12)8-1-2-10-11(7-8)18-13(19)17-10/h1-2,4,6-7H,3H2,(H2,17,18,19). The van der Waals surface area contributed by atoms with Crippen molar-refractivity contribution in [2.75, 3.05) is 0 Å². The van der Waals surface area contributed by atoms with Crippen LogP contribution in [0.5, 0.6) is 0 Å². The molecule has 0 aliphatic rings. The van der Waals surface area contributed by atoms with Gasteiger partial charge in [0.2, 0.25) is 0 Å². The van der Waals surface area contributed by atoms with Gasteiger partial charge in [-0.2, -0.15) is 5.26 Å². The van der Waals surface area contributed by atoms with Gasteiger partial charge < -0.3 is 9.97 Å². The summed E-state index contributed by atoms with van der Waals surface area (Å²) in [7, 11) is 0. The molecule has 0 saturated carbocycles. The van der Waals surface area contributed by atoms with Gasteiger partial charge in [-0.05, 0) is 18.2 Å². The molecule has 3 aromatic rings. The topological polar surface area (TPSA) is 98.2 Å². The SMILES string of the molecule is N#CCc1nccc(-c2ccc3[nH]c(=O)[nH]c3c2)n1. The molecule has 0 amide bonds. The molecule has 6 heteroatoms. The fourth-order valence-electron chi connectivity index (χ4n) is 1.91. The van der Waals surface area contributed by atoms with Crippen molar-refractivity contribution in [2.45, 2.75) is 6.42 Å². The number of rotatable bonds is 2. The Balaban J connectivity index is 2.10. The van der Waals surface area contributed by atoms with Gasteiger partial charge in [0.15, 0.2) is 0 Å². The van der Waals surface area contributed by atoms with Crippen molar-refractivity contribution in [3.63, 3.8) is 0 Å². The molecule has 2 N–H and O–H groups in total. The zero-order valence-corrected chi connectivity index (χ0v) is 9.84. The first-order chi connectivity index (χ1) is 9.26. The Labute approximate surface area is 107 Å². The molecule has 1 aromatic carbocycles. The first-order valence-corrected chi connectivity index (χ1v) is 5.67. The van der Waals surface area contributed by atoms with Gasteiger partial charge in [-0.1, -0.05) is 6.07 Å². The molecule has 0 spiro atoms. The number of aromatic nitrogens is 4. The van der Waals surface area contributed by atoms with Crippen LogP contribution in [0.3, 0.4) is 0 Å². The third-order valence-corrected chi connectivity index (χ3v) is 2.75. The number of benzene rings is 1. The summed E-state index contributed by atoms with van der Waals surface area (Å²) in [6, 6.07) is 9.31. The van der Waals surface area contributed by atoms with E-state index in [1.165, 1.54) is 0 Å². The molecule has 92 valence electrons. The Kier molecular flexibility index (Phi) is 2.58. The quantitative estimate of drug-likeness (QED) is 0.718. The largest absolute Gasteiger partial charge is 0.323 e. The van der Waals surface area contributed by atoms with Crippen LogP contribution in [0, 0.1) is 11.3 Å². The van der Waals surface area contributed by atoms with Crippen molar-refractivity contribution in [2.24, 2.45) is 0 Å². The van der Waals surface area contributed by atoms with Gasteiger partial charge in [0.1, 0.15) is 5.82 Å². The lowest BCUT2D eigenvalue weighted by molar-refractivity contribution is 0.999. The van der Waals surface area contributed by atoms with E-state index in [1.807, 2.05) is 24.3 Å². The Morgan fingerprint density at radius 1 is 1.21 bits per heavy atom. The van der Waals surface area contributed by atoms with Crippen LogP contribution >= 0.6 is 0 Å². The summed E-state index contributed by atoms with van der Waals surface area (Å²) < 4.78 is 0. The maximum atomic E-state index is 11.2. The van der Waals surface area contributed by atoms with Crippen molar-refractivity contribution in [3.05, 3.63) is 46.8 Å². The van der Waals surface area contributed by atoms with Gasteiger partial charge in [-0.3, -0.25) is 0 Å². The van der Waals surface area contributed by atoms with Crippen molar-refractivity contribution >= 4 is 11.0 Å². The Hall–Kier alpha value is -2.94. The number of hydrogen-bond donors (Lipinski definition) is 2. The number of aromatic amines is 2. The normalized spacial score (nSPS) is 10.5. The molecule has 2 aromatic heterocycles. The molecule has 6 nitrogen and oxygen atoms in total. The zero-order chi connectivity index (χ0) is 13.2. The summed E-state index contributed by atoms with van der Waals surface area (Å²) in [5.41, 5.74) is 2.83. The van der Waals surface area contributed by atoms with Gasteiger partial charge in [-0.15, -0.1) is 0 Å². The van der Waals surface area contributed by atoms with Crippen LogP contribution in [-0.4, -0.2) is 19.9 Å². The summed E-state index contributed by atoms with van der Waals surface area (Å²) in [5.74, 6) is 0.489. The van der Waals surface area contributed by atoms with E-state index in [0.29, 0.717) is 5.82 Å². The lowest BCUT2D eigenvalue weighted by atomic mass is 10.1. The first-order valence-electron chi connectivity index (χ1n) is 5.67. The van der Waals surface area contributed by atoms with Gasteiger partial charge in [0.05, 0.1) is 29.2 Å². The highest BCUT2D eigenvalue weighted by molar-refractivity contribution is 5.80. The van der Waals surface area contributed by atoms with Crippen LogP contribution in [0.4, 0.5) is 0 Å². The molecule has 0 radical (unpaired) electrons. The highest BCUT2D eigenvalue weighted by atomic mass is 16.1. The third-order valence-electron chi connectivity index (χ3n) is 2.75. The molecule has 2 heterocycles. The first kappa shape index (κ1) is 11.2. The van der Waals surface area contributed by atoms with Gasteiger partial charge >= 0.3 is 5.69 Å². The molecular formula is C13H9N5O. The van der Waals surface area contributed by atoms with Crippen LogP contribution < -0.4 is 5.69 Å². The van der Waals surface area contributed by atoms with E-state index in [-0.39, 0.29) is 12.1 Å². The van der Waals surface area contributed by atoms with Gasteiger partial charge in [-0.25, -0.2) is 14.8 Å². The number of nitriles is 1. The van der Waals surface area contributed by atoms with Crippen molar-refractivity contribution in [1.29, 1.82) is 5.26 Å². The van der Waals surface area contributed by atoms with Crippen LogP contribution in [0.25, 0.3) is 22.3 Å². The number of imidazole rings is 1. The number of nitrogens with zero attached hydrogens (tertiary/aromatic N) is 3. The summed E-state index contributed by atoms with van der Waals surface area (Å²) in [5, 5.41) is 8.65. The van der Waals surface area contributed by atoms with Crippen molar-refractivity contribution in [1.82, 2.24) is 19.9 Å². The molecule has 0 fully saturated rings. The van der Waals surface area contributed by atoms with E-state index in [2.05, 4.69) is 19.9 Å². The van der Waals surface area contributed by atoms with E-state index >= 15 is 0 Å². The monoisotopic (exact) mass is 251 g/mol. The Bertz CT molecular complexity index is 840. The lowest BCUT2D eigenvalue weighted by Gasteiger charge is -2.02. The van der Waals surface area contributed by atoms with Crippen molar-refractivity contribution in [3.8, 4) is 17.3 Å². The second-order valence-electron chi connectivity index (χ2n) is 4.03. The maximum absolute atomic E-state index is 11.2. The van der Waals surface area contributed by atoms with E-state index in [4.69, 9.17) is 5.26 Å². The number of hydrogen-bond acceptors (Lipinski definition) is 4. The maximum Gasteiger partial charge on any atom is 0.323 e. The van der Waals surface area contributed by atoms with Crippen LogP contribution in [-0.2, 0) is 6.42 Å². The van der Waals surface area contributed by atoms with Crippen LogP contribution in [0.2, 0.25) is 0 Å². The van der Waals surface area contributed by atoms with Gasteiger partial charge in [0, 0.05) is 11.8 Å². The molecule has 0 aliphatic carbocycles. The molecule has 19 heavy (non-hydrogen) atoms.